The molecule has 1 aliphatic rings. The van der Waals surface area contributed by atoms with Crippen molar-refractivity contribution in [1.29, 1.82) is 0 Å². The number of halogens is 2. The van der Waals surface area contributed by atoms with Gasteiger partial charge in [-0.05, 0) is 59.0 Å². The maximum absolute atomic E-state index is 5.26. The van der Waals surface area contributed by atoms with Gasteiger partial charge in [0, 0.05) is 28.6 Å². The van der Waals surface area contributed by atoms with Gasteiger partial charge in [-0.25, -0.2) is 4.98 Å². The molecule has 3 nitrogen and oxygen atoms in total. The van der Waals surface area contributed by atoms with Gasteiger partial charge in [-0.1, -0.05) is 156 Å². The Kier molecular flexibility index (Phi) is 6.43. The summed E-state index contributed by atoms with van der Waals surface area (Å²) >= 11 is -4.27. The van der Waals surface area contributed by atoms with E-state index >= 15 is 0 Å². The number of aromatic nitrogens is 3. The third kappa shape index (κ3) is 4.07. The summed E-state index contributed by atoms with van der Waals surface area (Å²) in [6.45, 7) is 0. The summed E-state index contributed by atoms with van der Waals surface area (Å²) in [7, 11) is 0. The molecule has 0 bridgehead atoms. The molecule has 0 amide bonds. The van der Waals surface area contributed by atoms with Crippen LogP contribution in [0, 0.1) is 0 Å². The fraction of sp³-hybridized carbons (Fsp3) is 0. The Morgan fingerprint density at radius 2 is 1.08 bits per heavy atom. The van der Waals surface area contributed by atoms with Crippen LogP contribution >= 0.6 is 37.7 Å². The quantitative estimate of drug-likeness (QED) is 0.128. The van der Waals surface area contributed by atoms with Crippen molar-refractivity contribution in [3.8, 4) is 0 Å². The largest absolute Gasteiger partial charge is 0.300 e. The number of hydrogen-bond donors (Lipinski definition) is 0. The molecular formula is C43H29I2N3. The molecule has 6 aromatic carbocycles. The number of pyridine rings is 1. The molecule has 0 unspecified atom stereocenters. The average molecular weight is 842 g/mol. The molecule has 0 fully saturated rings. The van der Waals surface area contributed by atoms with E-state index in [1.54, 1.807) is 0 Å². The van der Waals surface area contributed by atoms with Crippen LogP contribution in [0.1, 0.15) is 11.1 Å². The molecule has 0 aliphatic carbocycles. The summed E-state index contributed by atoms with van der Waals surface area (Å²) < 4.78 is 19.4. The molecule has 0 spiro atoms. The minimum absolute atomic E-state index is 0.994. The van der Waals surface area contributed by atoms with Gasteiger partial charge in [0.05, 0.1) is 27.6 Å². The van der Waals surface area contributed by atoms with E-state index in [4.69, 9.17) is 14.0 Å². The van der Waals surface area contributed by atoms with Gasteiger partial charge in [0.25, 0.3) is 0 Å². The van der Waals surface area contributed by atoms with Crippen molar-refractivity contribution < 1.29 is 0 Å². The van der Waals surface area contributed by atoms with Crippen LogP contribution in [0.15, 0.2) is 152 Å². The number of nitrogens with zero attached hydrogens (tertiary/aromatic N) is 3. The molecule has 10 rings (SSSR count). The Morgan fingerprint density at radius 1 is 0.479 bits per heavy atom. The first kappa shape index (κ1) is 28.3. The highest BCUT2D eigenvalue weighted by Crippen LogP contribution is 2.47. The van der Waals surface area contributed by atoms with Gasteiger partial charge in [0.2, 0.25) is 0 Å². The maximum atomic E-state index is 5.26. The smallest absolute Gasteiger partial charge is 0.146 e. The predicted molar refractivity (Wildman–Crippen MR) is 228 cm³/mol. The number of fused-ring (bicyclic) bond motifs is 11. The van der Waals surface area contributed by atoms with E-state index in [2.05, 4.69) is 161 Å². The second-order valence-electron chi connectivity index (χ2n) is 12.1. The van der Waals surface area contributed by atoms with Crippen molar-refractivity contribution >= 4 is 116 Å². The molecule has 0 radical (unpaired) electrons. The predicted octanol–water partition coefficient (Wildman–Crippen LogP) is 11.0. The Bertz CT molecular complexity index is 3020. The lowest BCUT2D eigenvalue weighted by Gasteiger charge is -2.21. The van der Waals surface area contributed by atoms with Gasteiger partial charge in [-0.3, -0.25) is 4.40 Å². The van der Waals surface area contributed by atoms with Gasteiger partial charge in [-0.2, -0.15) is 0 Å². The fourth-order valence-electron chi connectivity index (χ4n) is 7.30. The maximum Gasteiger partial charge on any atom is 0.146 e. The van der Waals surface area contributed by atoms with Crippen LogP contribution in [0.4, 0.5) is 0 Å². The summed E-state index contributed by atoms with van der Waals surface area (Å²) in [5.74, 6) is 0. The molecule has 5 heteroatoms. The van der Waals surface area contributed by atoms with E-state index in [-0.39, 0.29) is 0 Å². The number of rotatable bonds is 3. The summed E-state index contributed by atoms with van der Waals surface area (Å²) in [5, 5.41) is 6.16. The first-order chi connectivity index (χ1) is 23.7. The molecule has 3 aromatic heterocycles. The molecule has 0 saturated carbocycles. The average Bonchev–Trinajstić information content (AvgIpc) is 3.68. The zero-order valence-corrected chi connectivity index (χ0v) is 30.3. The van der Waals surface area contributed by atoms with Crippen molar-refractivity contribution in [1.82, 2.24) is 14.0 Å². The third-order valence-electron chi connectivity index (χ3n) is 9.44. The van der Waals surface area contributed by atoms with E-state index < -0.39 is 37.7 Å². The normalized spacial score (nSPS) is 14.7. The second kappa shape index (κ2) is 10.9. The summed E-state index contributed by atoms with van der Waals surface area (Å²) in [6.07, 6.45) is 2.47. The first-order valence-corrected chi connectivity index (χ1v) is 23.2. The van der Waals surface area contributed by atoms with Crippen LogP contribution in [0.5, 0.6) is 0 Å². The van der Waals surface area contributed by atoms with Gasteiger partial charge in [0.1, 0.15) is 7.29 Å². The minimum atomic E-state index is -2.14. The van der Waals surface area contributed by atoms with Crippen molar-refractivity contribution in [3.05, 3.63) is 163 Å². The Balaban J connectivity index is 1.39. The minimum Gasteiger partial charge on any atom is -0.300 e. The van der Waals surface area contributed by atoms with Gasteiger partial charge < -0.3 is 4.57 Å². The molecule has 1 aliphatic heterocycles. The summed E-state index contributed by atoms with van der Waals surface area (Å²) in [6, 6.07) is 52.8. The van der Waals surface area contributed by atoms with E-state index in [9.17, 15) is 0 Å². The highest BCUT2D eigenvalue weighted by Gasteiger charge is 2.22. The first-order valence-electron chi connectivity index (χ1n) is 15.9. The Labute approximate surface area is 290 Å². The van der Waals surface area contributed by atoms with E-state index in [0.717, 1.165) is 22.1 Å². The number of para-hydroxylation sites is 4. The fourth-order valence-corrected chi connectivity index (χ4v) is 22.2. The Morgan fingerprint density at radius 3 is 1.83 bits per heavy atom. The number of hydrogen-bond acceptors (Lipinski definition) is 1. The van der Waals surface area contributed by atoms with Gasteiger partial charge in [0.15, 0.2) is 0 Å². The van der Waals surface area contributed by atoms with Crippen LogP contribution in [0.25, 0.3) is 63.7 Å². The highest BCUT2D eigenvalue weighted by molar-refractivity contribution is 14.3. The summed E-state index contributed by atoms with van der Waals surface area (Å²) in [4.78, 5) is 5.26. The van der Waals surface area contributed by atoms with Crippen LogP contribution in [-0.4, -0.2) is 28.1 Å². The molecule has 0 saturated heterocycles. The standard InChI is InChI=1S/C43H29I2N3/c1-44-35(28-15-5-3-6-16-28)27-36(29-17-7-4-8-18-29)45(2)43(44)48-39-23-13-10-20-31(39)33-25-32-30-19-9-12-22-38(30)47-40-24-14-11-21-37(40)46-42(47)34(32)26-41(33)48/h3-27H,1-2H2. The molecule has 0 N–H and O–H groups in total. The Hall–Kier alpha value is -4.73. The lowest BCUT2D eigenvalue weighted by molar-refractivity contribution is 1.31. The zero-order valence-electron chi connectivity index (χ0n) is 25.9. The summed E-state index contributed by atoms with van der Waals surface area (Å²) in [5.41, 5.74) is 9.32. The van der Waals surface area contributed by atoms with Crippen molar-refractivity contribution in [2.75, 3.05) is 0 Å². The van der Waals surface area contributed by atoms with Gasteiger partial charge >= 0.3 is 0 Å². The molecule has 4 heterocycles. The van der Waals surface area contributed by atoms with E-state index in [1.165, 1.54) is 57.9 Å². The molecule has 0 atom stereocenters. The van der Waals surface area contributed by atoms with Crippen molar-refractivity contribution in [2.45, 2.75) is 0 Å². The van der Waals surface area contributed by atoms with Crippen LogP contribution in [-0.2, 0) is 0 Å². The topological polar surface area (TPSA) is 22.2 Å². The van der Waals surface area contributed by atoms with Crippen LogP contribution in [0.2, 0.25) is 0 Å². The SMILES string of the molecule is C=I1=C(c2ccccc2)C=C(c2ccccc2)I(=C)=C1n1c2ccccc2c2cc3c4ccccc4n4c5ccccc5nc4c3cc21. The van der Waals surface area contributed by atoms with Crippen molar-refractivity contribution in [2.24, 2.45) is 0 Å². The molecule has 48 heavy (non-hydrogen) atoms. The number of benzene rings is 6. The molecule has 230 valence electrons. The van der Waals surface area contributed by atoms with Gasteiger partial charge in [-0.15, -0.1) is 0 Å². The van der Waals surface area contributed by atoms with Crippen LogP contribution < -0.4 is 0 Å². The highest BCUT2D eigenvalue weighted by atomic mass is 127. The molecular weight excluding hydrogens is 812 g/mol. The van der Waals surface area contributed by atoms with Crippen LogP contribution in [0.3, 0.4) is 0 Å². The monoisotopic (exact) mass is 841 g/mol. The second-order valence-corrected chi connectivity index (χ2v) is 22.6. The number of allylic oxidation sites excluding steroid dienone is 1. The lowest BCUT2D eigenvalue weighted by atomic mass is 10.0. The lowest BCUT2D eigenvalue weighted by Crippen LogP contribution is -2.10. The molecule has 9 aromatic rings. The van der Waals surface area contributed by atoms with E-state index in [1.807, 2.05) is 0 Å². The number of imidazole rings is 1. The third-order valence-corrected chi connectivity index (χ3v) is 23.8. The van der Waals surface area contributed by atoms with Crippen molar-refractivity contribution in [3.63, 3.8) is 0 Å². The zero-order chi connectivity index (χ0) is 31.9. The van der Waals surface area contributed by atoms with E-state index in [0.29, 0.717) is 0 Å².